The molecule has 1 aromatic rings. The van der Waals surface area contributed by atoms with Crippen molar-refractivity contribution in [3.05, 3.63) is 21.3 Å². The van der Waals surface area contributed by atoms with E-state index >= 15 is 0 Å². The van der Waals surface area contributed by atoms with Crippen molar-refractivity contribution in [1.29, 1.82) is 0 Å². The van der Waals surface area contributed by atoms with Gasteiger partial charge in [-0.05, 0) is 30.9 Å². The highest BCUT2D eigenvalue weighted by Crippen LogP contribution is 2.21. The monoisotopic (exact) mass is 258 g/mol. The quantitative estimate of drug-likeness (QED) is 0.611. The number of likely N-dealkylation sites (tertiary alicyclic amines) is 1. The topological polar surface area (TPSA) is 64.2 Å². The third-order valence-corrected chi connectivity index (χ3v) is 3.23. The molecule has 0 unspecified atom stereocenters. The van der Waals surface area contributed by atoms with Crippen LogP contribution in [0, 0.1) is 10.1 Å². The molecule has 0 saturated carbocycles. The Labute approximate surface area is 104 Å². The number of rotatable bonds is 4. The fraction of sp³-hybridized carbons (Fsp3) is 0.700. The van der Waals surface area contributed by atoms with Crippen LogP contribution in [0.4, 0.5) is 5.82 Å². The predicted molar refractivity (Wildman–Crippen MR) is 64.2 cm³/mol. The molecule has 1 saturated heterocycles. The summed E-state index contributed by atoms with van der Waals surface area (Å²) >= 11 is 5.72. The first-order valence-corrected chi connectivity index (χ1v) is 6.14. The Bertz CT molecular complexity index is 401. The van der Waals surface area contributed by atoms with E-state index in [0.29, 0.717) is 6.54 Å². The first-order valence-electron chi connectivity index (χ1n) is 5.76. The average molecular weight is 259 g/mol. The number of halogens is 1. The first-order chi connectivity index (χ1) is 8.16. The molecule has 6 nitrogen and oxygen atoms in total. The molecule has 0 aromatic carbocycles. The van der Waals surface area contributed by atoms with Crippen LogP contribution in [0.1, 0.15) is 19.3 Å². The Morgan fingerprint density at radius 1 is 1.35 bits per heavy atom. The Morgan fingerprint density at radius 3 is 2.65 bits per heavy atom. The smallest absolute Gasteiger partial charge is 0.358 e. The summed E-state index contributed by atoms with van der Waals surface area (Å²) in [4.78, 5) is 12.4. The molecule has 0 aliphatic carbocycles. The summed E-state index contributed by atoms with van der Waals surface area (Å²) in [5.41, 5.74) is 0. The Kier molecular flexibility index (Phi) is 3.96. The van der Waals surface area contributed by atoms with E-state index in [-0.39, 0.29) is 10.8 Å². The molecule has 1 fully saturated rings. The van der Waals surface area contributed by atoms with Crippen LogP contribution < -0.4 is 0 Å². The van der Waals surface area contributed by atoms with Gasteiger partial charge in [0.1, 0.15) is 0 Å². The van der Waals surface area contributed by atoms with Crippen molar-refractivity contribution in [2.45, 2.75) is 25.8 Å². The van der Waals surface area contributed by atoms with Crippen LogP contribution >= 0.6 is 11.6 Å². The zero-order valence-electron chi connectivity index (χ0n) is 9.51. The minimum atomic E-state index is -0.556. The van der Waals surface area contributed by atoms with Crippen molar-refractivity contribution in [3.63, 3.8) is 0 Å². The van der Waals surface area contributed by atoms with Crippen molar-refractivity contribution in [2.75, 3.05) is 19.6 Å². The molecule has 0 N–H and O–H groups in total. The van der Waals surface area contributed by atoms with Gasteiger partial charge in [0.25, 0.3) is 0 Å². The fourth-order valence-corrected chi connectivity index (χ4v) is 2.27. The minimum Gasteiger partial charge on any atom is -0.358 e. The van der Waals surface area contributed by atoms with Crippen LogP contribution in [-0.2, 0) is 6.54 Å². The minimum absolute atomic E-state index is 0.105. The molecule has 17 heavy (non-hydrogen) atoms. The number of nitrogens with zero attached hydrogens (tertiary/aromatic N) is 4. The van der Waals surface area contributed by atoms with Crippen LogP contribution in [0.15, 0.2) is 6.20 Å². The average Bonchev–Trinajstić information content (AvgIpc) is 2.69. The van der Waals surface area contributed by atoms with Gasteiger partial charge < -0.3 is 15.0 Å². The molecule has 1 aliphatic heterocycles. The van der Waals surface area contributed by atoms with Gasteiger partial charge in [0.05, 0.1) is 17.8 Å². The second kappa shape index (κ2) is 5.46. The third-order valence-electron chi connectivity index (χ3n) is 2.97. The molecular formula is C10H15ClN4O2. The van der Waals surface area contributed by atoms with Crippen LogP contribution in [-0.4, -0.2) is 39.2 Å². The fourth-order valence-electron chi connectivity index (χ4n) is 2.05. The lowest BCUT2D eigenvalue weighted by Gasteiger charge is -2.25. The molecule has 0 spiro atoms. The van der Waals surface area contributed by atoms with Crippen LogP contribution in [0.25, 0.3) is 0 Å². The molecule has 1 aliphatic rings. The first kappa shape index (κ1) is 12.3. The lowest BCUT2D eigenvalue weighted by atomic mass is 10.1. The zero-order valence-corrected chi connectivity index (χ0v) is 10.3. The summed E-state index contributed by atoms with van der Waals surface area (Å²) in [6.07, 6.45) is 5.29. The van der Waals surface area contributed by atoms with E-state index in [1.807, 2.05) is 0 Å². The predicted octanol–water partition coefficient (Wildman–Crippen LogP) is 1.93. The summed E-state index contributed by atoms with van der Waals surface area (Å²) in [6, 6.07) is 0. The van der Waals surface area contributed by atoms with Crippen molar-refractivity contribution in [1.82, 2.24) is 14.7 Å². The highest BCUT2D eigenvalue weighted by molar-refractivity contribution is 6.32. The molecule has 0 radical (unpaired) electrons. The van der Waals surface area contributed by atoms with Gasteiger partial charge in [-0.1, -0.05) is 18.0 Å². The highest BCUT2D eigenvalue weighted by atomic mass is 35.5. The van der Waals surface area contributed by atoms with Gasteiger partial charge in [0, 0.05) is 6.54 Å². The molecule has 94 valence electrons. The van der Waals surface area contributed by atoms with Crippen LogP contribution in [0.3, 0.4) is 0 Å². The van der Waals surface area contributed by atoms with Gasteiger partial charge in [-0.25, -0.2) is 0 Å². The van der Waals surface area contributed by atoms with Gasteiger partial charge in [0.15, 0.2) is 5.02 Å². The van der Waals surface area contributed by atoms with Crippen molar-refractivity contribution in [2.24, 2.45) is 0 Å². The number of nitro groups is 1. The largest absolute Gasteiger partial charge is 0.408 e. The van der Waals surface area contributed by atoms with Gasteiger partial charge in [0.2, 0.25) is 0 Å². The molecule has 0 atom stereocenters. The Hall–Kier alpha value is -1.14. The third kappa shape index (κ3) is 3.17. The number of aromatic nitrogens is 2. The molecule has 2 rings (SSSR count). The number of hydrogen-bond donors (Lipinski definition) is 0. The standard InChI is InChI=1S/C10H15ClN4O2/c11-9-8-14(12-10(9)15(16)17)7-6-13-4-2-1-3-5-13/h8H,1-7H2. The van der Waals surface area contributed by atoms with Gasteiger partial charge in [-0.2, -0.15) is 4.68 Å². The lowest BCUT2D eigenvalue weighted by Crippen LogP contribution is -2.32. The summed E-state index contributed by atoms with van der Waals surface area (Å²) in [5, 5.41) is 14.5. The van der Waals surface area contributed by atoms with E-state index in [1.165, 1.54) is 25.5 Å². The highest BCUT2D eigenvalue weighted by Gasteiger charge is 2.19. The Morgan fingerprint density at radius 2 is 2.06 bits per heavy atom. The van der Waals surface area contributed by atoms with Crippen LogP contribution in [0.5, 0.6) is 0 Å². The van der Waals surface area contributed by atoms with E-state index < -0.39 is 4.92 Å². The van der Waals surface area contributed by atoms with Crippen LogP contribution in [0.2, 0.25) is 5.02 Å². The second-order valence-electron chi connectivity index (χ2n) is 4.22. The van der Waals surface area contributed by atoms with Gasteiger partial charge >= 0.3 is 5.82 Å². The SMILES string of the molecule is O=[N+]([O-])c1nn(CCN2CCCCC2)cc1Cl. The lowest BCUT2D eigenvalue weighted by molar-refractivity contribution is -0.389. The van der Waals surface area contributed by atoms with E-state index in [9.17, 15) is 10.1 Å². The normalized spacial score (nSPS) is 17.2. The van der Waals surface area contributed by atoms with Gasteiger partial charge in [-0.3, -0.25) is 0 Å². The molecule has 2 heterocycles. The Balaban J connectivity index is 1.90. The maximum absolute atomic E-state index is 10.6. The van der Waals surface area contributed by atoms with E-state index in [2.05, 4.69) is 10.00 Å². The van der Waals surface area contributed by atoms with E-state index in [4.69, 9.17) is 11.6 Å². The molecule has 7 heteroatoms. The summed E-state index contributed by atoms with van der Waals surface area (Å²) in [7, 11) is 0. The zero-order chi connectivity index (χ0) is 12.3. The van der Waals surface area contributed by atoms with Gasteiger partial charge in [-0.15, -0.1) is 0 Å². The molecular weight excluding hydrogens is 244 g/mol. The second-order valence-corrected chi connectivity index (χ2v) is 4.63. The molecule has 0 amide bonds. The van der Waals surface area contributed by atoms with Crippen molar-refractivity contribution in [3.8, 4) is 0 Å². The maximum Gasteiger partial charge on any atom is 0.408 e. The summed E-state index contributed by atoms with van der Waals surface area (Å²) < 4.78 is 1.55. The maximum atomic E-state index is 10.6. The van der Waals surface area contributed by atoms with Crippen molar-refractivity contribution < 1.29 is 4.92 Å². The van der Waals surface area contributed by atoms with E-state index in [1.54, 1.807) is 4.68 Å². The summed E-state index contributed by atoms with van der Waals surface area (Å²) in [5.74, 6) is -0.259. The van der Waals surface area contributed by atoms with E-state index in [0.717, 1.165) is 19.6 Å². The molecule has 0 bridgehead atoms. The van der Waals surface area contributed by atoms with Crippen molar-refractivity contribution >= 4 is 17.4 Å². The molecule has 1 aromatic heterocycles. The number of hydrogen-bond acceptors (Lipinski definition) is 4. The summed E-state index contributed by atoms with van der Waals surface area (Å²) in [6.45, 7) is 3.73. The number of piperidine rings is 1.